The summed E-state index contributed by atoms with van der Waals surface area (Å²) in [6.45, 7) is 2.48. The van der Waals surface area contributed by atoms with Gasteiger partial charge in [0, 0.05) is 17.5 Å². The number of aryl methyl sites for hydroxylation is 1. The Morgan fingerprint density at radius 3 is 2.85 bits per heavy atom. The number of aromatic nitrogens is 1. The van der Waals surface area contributed by atoms with E-state index in [2.05, 4.69) is 16.4 Å². The third-order valence-corrected chi connectivity index (χ3v) is 3.39. The monoisotopic (exact) mass is 264 g/mol. The van der Waals surface area contributed by atoms with Crippen molar-refractivity contribution in [1.29, 1.82) is 0 Å². The Bertz CT molecular complexity index is 753. The Kier molecular flexibility index (Phi) is 3.25. The zero-order valence-electron chi connectivity index (χ0n) is 11.3. The van der Waals surface area contributed by atoms with Crippen molar-refractivity contribution in [3.8, 4) is 5.75 Å². The van der Waals surface area contributed by atoms with Crippen molar-refractivity contribution in [1.82, 2.24) is 4.98 Å². The molecule has 2 aromatic carbocycles. The van der Waals surface area contributed by atoms with Crippen molar-refractivity contribution in [2.24, 2.45) is 0 Å². The van der Waals surface area contributed by atoms with Crippen LogP contribution in [0.2, 0.25) is 0 Å². The number of pyridine rings is 1. The predicted molar refractivity (Wildman–Crippen MR) is 81.9 cm³/mol. The highest BCUT2D eigenvalue weighted by Gasteiger charge is 2.03. The van der Waals surface area contributed by atoms with Crippen molar-refractivity contribution in [2.45, 2.75) is 13.5 Å². The van der Waals surface area contributed by atoms with Crippen LogP contribution in [-0.2, 0) is 6.54 Å². The Morgan fingerprint density at radius 2 is 1.95 bits per heavy atom. The molecular formula is C17H16N2O. The fourth-order valence-electron chi connectivity index (χ4n) is 2.23. The molecule has 0 saturated carbocycles. The molecule has 0 fully saturated rings. The quantitative estimate of drug-likeness (QED) is 0.755. The van der Waals surface area contributed by atoms with Crippen LogP contribution in [0.25, 0.3) is 10.9 Å². The fourth-order valence-corrected chi connectivity index (χ4v) is 2.23. The summed E-state index contributed by atoms with van der Waals surface area (Å²) in [6.07, 6.45) is 1.81. The predicted octanol–water partition coefficient (Wildman–Crippen LogP) is 3.86. The maximum atomic E-state index is 9.99. The molecular weight excluding hydrogens is 248 g/mol. The van der Waals surface area contributed by atoms with Crippen LogP contribution in [-0.4, -0.2) is 10.1 Å². The van der Waals surface area contributed by atoms with Gasteiger partial charge in [0.25, 0.3) is 0 Å². The first kappa shape index (κ1) is 12.5. The number of fused-ring (bicyclic) bond motifs is 1. The molecule has 1 heterocycles. The summed E-state index contributed by atoms with van der Waals surface area (Å²) in [6, 6.07) is 15.8. The second kappa shape index (κ2) is 5.21. The van der Waals surface area contributed by atoms with Gasteiger partial charge >= 0.3 is 0 Å². The minimum atomic E-state index is 0.355. The molecule has 0 aliphatic heterocycles. The number of rotatable bonds is 3. The minimum Gasteiger partial charge on any atom is -0.507 e. The SMILES string of the molecule is Cc1cccc(CNc2cnc3ccccc3c2)c1O. The van der Waals surface area contributed by atoms with Gasteiger partial charge in [-0.2, -0.15) is 0 Å². The summed E-state index contributed by atoms with van der Waals surface area (Å²) in [5.74, 6) is 0.355. The van der Waals surface area contributed by atoms with Crippen molar-refractivity contribution in [3.05, 3.63) is 65.9 Å². The van der Waals surface area contributed by atoms with Gasteiger partial charge in [0.1, 0.15) is 5.75 Å². The second-order valence-electron chi connectivity index (χ2n) is 4.85. The number of para-hydroxylation sites is 2. The summed E-state index contributed by atoms with van der Waals surface area (Å²) < 4.78 is 0. The first-order valence-corrected chi connectivity index (χ1v) is 6.60. The van der Waals surface area contributed by atoms with Crippen LogP contribution in [0.1, 0.15) is 11.1 Å². The van der Waals surface area contributed by atoms with Crippen LogP contribution in [0.15, 0.2) is 54.7 Å². The first-order chi connectivity index (χ1) is 9.74. The lowest BCUT2D eigenvalue weighted by atomic mass is 10.1. The maximum absolute atomic E-state index is 9.99. The molecule has 3 aromatic rings. The topological polar surface area (TPSA) is 45.2 Å². The molecule has 0 bridgehead atoms. The van der Waals surface area contributed by atoms with E-state index in [1.54, 1.807) is 0 Å². The molecule has 1 aromatic heterocycles. The lowest BCUT2D eigenvalue weighted by Crippen LogP contribution is -2.00. The zero-order valence-corrected chi connectivity index (χ0v) is 11.3. The van der Waals surface area contributed by atoms with Crippen LogP contribution >= 0.6 is 0 Å². The molecule has 3 nitrogen and oxygen atoms in total. The molecule has 0 radical (unpaired) electrons. The molecule has 0 spiro atoms. The van der Waals surface area contributed by atoms with Gasteiger partial charge in [-0.15, -0.1) is 0 Å². The van der Waals surface area contributed by atoms with E-state index in [0.717, 1.165) is 27.7 Å². The lowest BCUT2D eigenvalue weighted by Gasteiger charge is -2.10. The zero-order chi connectivity index (χ0) is 13.9. The summed E-state index contributed by atoms with van der Waals surface area (Å²) >= 11 is 0. The van der Waals surface area contributed by atoms with Gasteiger partial charge in [-0.25, -0.2) is 0 Å². The molecule has 2 N–H and O–H groups in total. The van der Waals surface area contributed by atoms with Gasteiger partial charge in [0.2, 0.25) is 0 Å². The van der Waals surface area contributed by atoms with Gasteiger partial charge in [-0.1, -0.05) is 36.4 Å². The number of benzene rings is 2. The van der Waals surface area contributed by atoms with Gasteiger partial charge in [-0.05, 0) is 24.6 Å². The highest BCUT2D eigenvalue weighted by Crippen LogP contribution is 2.23. The number of hydrogen-bond donors (Lipinski definition) is 2. The standard InChI is InChI=1S/C17H16N2O/c1-12-5-4-7-14(17(12)20)10-18-15-9-13-6-2-3-8-16(13)19-11-15/h2-9,11,18,20H,10H2,1H3. The normalized spacial score (nSPS) is 10.7. The van der Waals surface area contributed by atoms with Crippen molar-refractivity contribution in [3.63, 3.8) is 0 Å². The Balaban J connectivity index is 1.81. The number of nitrogens with zero attached hydrogens (tertiary/aromatic N) is 1. The average molecular weight is 264 g/mol. The molecule has 20 heavy (non-hydrogen) atoms. The summed E-state index contributed by atoms with van der Waals surface area (Å²) in [4.78, 5) is 4.41. The van der Waals surface area contributed by atoms with Gasteiger partial charge in [0.15, 0.2) is 0 Å². The molecule has 0 amide bonds. The third-order valence-electron chi connectivity index (χ3n) is 3.39. The summed E-state index contributed by atoms with van der Waals surface area (Å²) in [7, 11) is 0. The molecule has 0 unspecified atom stereocenters. The molecule has 0 aliphatic rings. The van der Waals surface area contributed by atoms with Crippen LogP contribution < -0.4 is 5.32 Å². The lowest BCUT2D eigenvalue weighted by molar-refractivity contribution is 0.465. The van der Waals surface area contributed by atoms with E-state index in [-0.39, 0.29) is 0 Å². The molecule has 3 rings (SSSR count). The second-order valence-corrected chi connectivity index (χ2v) is 4.85. The van der Waals surface area contributed by atoms with Crippen molar-refractivity contribution < 1.29 is 5.11 Å². The molecule has 3 heteroatoms. The Hall–Kier alpha value is -2.55. The average Bonchev–Trinajstić information content (AvgIpc) is 2.48. The smallest absolute Gasteiger partial charge is 0.123 e. The van der Waals surface area contributed by atoms with Crippen molar-refractivity contribution >= 4 is 16.6 Å². The number of aromatic hydroxyl groups is 1. The number of phenols is 1. The number of anilines is 1. The Morgan fingerprint density at radius 1 is 1.10 bits per heavy atom. The highest BCUT2D eigenvalue weighted by molar-refractivity contribution is 5.81. The van der Waals surface area contributed by atoms with Crippen LogP contribution in [0, 0.1) is 6.92 Å². The van der Waals surface area contributed by atoms with Gasteiger partial charge in [-0.3, -0.25) is 4.98 Å². The van der Waals surface area contributed by atoms with E-state index in [9.17, 15) is 5.11 Å². The number of hydrogen-bond acceptors (Lipinski definition) is 3. The number of nitrogens with one attached hydrogen (secondary N) is 1. The van der Waals surface area contributed by atoms with Crippen molar-refractivity contribution in [2.75, 3.05) is 5.32 Å². The molecule has 0 saturated heterocycles. The van der Waals surface area contributed by atoms with Crippen LogP contribution in [0.3, 0.4) is 0 Å². The molecule has 0 atom stereocenters. The van der Waals surface area contributed by atoms with Gasteiger partial charge < -0.3 is 10.4 Å². The van der Waals surface area contributed by atoms with E-state index < -0.39 is 0 Å². The third kappa shape index (κ3) is 2.43. The van der Waals surface area contributed by atoms with Crippen LogP contribution in [0.4, 0.5) is 5.69 Å². The fraction of sp³-hybridized carbons (Fsp3) is 0.118. The van der Waals surface area contributed by atoms with Gasteiger partial charge in [0.05, 0.1) is 17.4 Å². The minimum absolute atomic E-state index is 0.355. The highest BCUT2D eigenvalue weighted by atomic mass is 16.3. The van der Waals surface area contributed by atoms with E-state index in [4.69, 9.17) is 0 Å². The summed E-state index contributed by atoms with van der Waals surface area (Å²) in [5, 5.41) is 14.4. The maximum Gasteiger partial charge on any atom is 0.123 e. The number of phenolic OH excluding ortho intramolecular Hbond substituents is 1. The first-order valence-electron chi connectivity index (χ1n) is 6.60. The molecule has 0 aliphatic carbocycles. The van der Waals surface area contributed by atoms with E-state index in [1.165, 1.54) is 0 Å². The molecule has 100 valence electrons. The van der Waals surface area contributed by atoms with E-state index in [0.29, 0.717) is 12.3 Å². The Labute approximate surface area is 117 Å². The van der Waals surface area contributed by atoms with E-state index >= 15 is 0 Å². The summed E-state index contributed by atoms with van der Waals surface area (Å²) in [5.41, 5.74) is 3.71. The largest absolute Gasteiger partial charge is 0.507 e. The van der Waals surface area contributed by atoms with Crippen LogP contribution in [0.5, 0.6) is 5.75 Å². The van der Waals surface area contributed by atoms with E-state index in [1.807, 2.05) is 55.6 Å².